The number of carbonyl (C=O) groups excluding carboxylic acids is 1. The molecule has 6 heteroatoms. The van der Waals surface area contributed by atoms with E-state index in [2.05, 4.69) is 0 Å². The Bertz CT molecular complexity index is 625. The summed E-state index contributed by atoms with van der Waals surface area (Å²) in [4.78, 5) is 34.5. The molecule has 0 fully saturated rings. The zero-order valence-electron chi connectivity index (χ0n) is 13.3. The molecular formula is C17H20O6. The lowest BCUT2D eigenvalue weighted by atomic mass is 9.92. The molecule has 0 spiro atoms. The minimum atomic E-state index is -1.16. The van der Waals surface area contributed by atoms with E-state index in [9.17, 15) is 19.5 Å². The van der Waals surface area contributed by atoms with Gasteiger partial charge in [0, 0.05) is 6.42 Å². The van der Waals surface area contributed by atoms with Crippen molar-refractivity contribution in [3.63, 3.8) is 0 Å². The van der Waals surface area contributed by atoms with Crippen LogP contribution in [0.25, 0.3) is 0 Å². The van der Waals surface area contributed by atoms with E-state index in [4.69, 9.17) is 9.84 Å². The summed E-state index contributed by atoms with van der Waals surface area (Å²) in [5.41, 5.74) is 0.846. The van der Waals surface area contributed by atoms with Crippen LogP contribution in [0.3, 0.4) is 0 Å². The third-order valence-corrected chi connectivity index (χ3v) is 3.24. The van der Waals surface area contributed by atoms with Gasteiger partial charge in [-0.15, -0.1) is 0 Å². The van der Waals surface area contributed by atoms with E-state index in [1.807, 2.05) is 0 Å². The summed E-state index contributed by atoms with van der Waals surface area (Å²) in [5, 5.41) is 18.3. The molecule has 0 amide bonds. The molecular weight excluding hydrogens is 300 g/mol. The Kier molecular flexibility index (Phi) is 6.50. The van der Waals surface area contributed by atoms with Crippen molar-refractivity contribution >= 4 is 17.9 Å². The molecule has 1 aromatic carbocycles. The lowest BCUT2D eigenvalue weighted by molar-refractivity contribution is -0.140. The van der Waals surface area contributed by atoms with Crippen molar-refractivity contribution in [1.82, 2.24) is 0 Å². The van der Waals surface area contributed by atoms with Crippen LogP contribution in [0.5, 0.6) is 0 Å². The van der Waals surface area contributed by atoms with Gasteiger partial charge in [0.25, 0.3) is 0 Å². The molecule has 0 unspecified atom stereocenters. The molecule has 2 N–H and O–H groups in total. The van der Waals surface area contributed by atoms with Crippen LogP contribution in [-0.2, 0) is 20.7 Å². The number of carbonyl (C=O) groups is 3. The summed E-state index contributed by atoms with van der Waals surface area (Å²) in [6.45, 7) is 5.17. The average molecular weight is 320 g/mol. The molecule has 1 aromatic rings. The molecule has 23 heavy (non-hydrogen) atoms. The van der Waals surface area contributed by atoms with Gasteiger partial charge >= 0.3 is 17.9 Å². The van der Waals surface area contributed by atoms with Crippen LogP contribution in [0.2, 0.25) is 0 Å². The lowest BCUT2D eigenvalue weighted by Gasteiger charge is -2.14. The first-order valence-corrected chi connectivity index (χ1v) is 7.23. The predicted molar refractivity (Wildman–Crippen MR) is 83.2 cm³/mol. The van der Waals surface area contributed by atoms with Gasteiger partial charge < -0.3 is 14.9 Å². The van der Waals surface area contributed by atoms with Crippen molar-refractivity contribution in [2.45, 2.75) is 27.2 Å². The Morgan fingerprint density at radius 1 is 1.09 bits per heavy atom. The highest BCUT2D eigenvalue weighted by Gasteiger charge is 2.24. The van der Waals surface area contributed by atoms with E-state index < -0.39 is 17.9 Å². The topological polar surface area (TPSA) is 101 Å². The number of ether oxygens (including phenoxy) is 1. The number of esters is 1. The Labute approximate surface area is 134 Å². The van der Waals surface area contributed by atoms with Gasteiger partial charge in [0.2, 0.25) is 0 Å². The summed E-state index contributed by atoms with van der Waals surface area (Å²) in [7, 11) is 0. The van der Waals surface area contributed by atoms with E-state index >= 15 is 0 Å². The minimum absolute atomic E-state index is 0.00533. The molecule has 124 valence electrons. The second-order valence-electron chi connectivity index (χ2n) is 5.25. The first-order chi connectivity index (χ1) is 10.8. The molecule has 0 bridgehead atoms. The molecule has 0 aromatic heterocycles. The van der Waals surface area contributed by atoms with E-state index in [0.717, 1.165) is 0 Å². The largest absolute Gasteiger partial charge is 0.478 e. The first kappa shape index (κ1) is 18.4. The first-order valence-electron chi connectivity index (χ1n) is 7.23. The molecule has 1 rings (SSSR count). The zero-order valence-corrected chi connectivity index (χ0v) is 13.3. The lowest BCUT2D eigenvalue weighted by Crippen LogP contribution is -2.19. The molecule has 0 aliphatic carbocycles. The second-order valence-corrected chi connectivity index (χ2v) is 5.25. The van der Waals surface area contributed by atoms with Crippen LogP contribution >= 0.6 is 0 Å². The van der Waals surface area contributed by atoms with Gasteiger partial charge in [-0.25, -0.2) is 14.4 Å². The highest BCUT2D eigenvalue weighted by Crippen LogP contribution is 2.21. The zero-order chi connectivity index (χ0) is 17.6. The van der Waals surface area contributed by atoms with Crippen molar-refractivity contribution in [2.75, 3.05) is 6.61 Å². The molecule has 0 saturated carbocycles. The monoisotopic (exact) mass is 320 g/mol. The number of aromatic carboxylic acids is 1. The smallest absolute Gasteiger partial charge is 0.335 e. The third-order valence-electron chi connectivity index (χ3n) is 3.24. The normalized spacial score (nSPS) is 11.8. The Balaban J connectivity index is 3.25. The van der Waals surface area contributed by atoms with Crippen LogP contribution < -0.4 is 0 Å². The molecule has 0 aliphatic rings. The van der Waals surface area contributed by atoms with Gasteiger partial charge in [0.1, 0.15) is 0 Å². The van der Waals surface area contributed by atoms with Crippen molar-refractivity contribution < 1.29 is 29.3 Å². The third kappa shape index (κ3) is 4.95. The van der Waals surface area contributed by atoms with E-state index in [-0.39, 0.29) is 35.7 Å². The fraction of sp³-hybridized carbons (Fsp3) is 0.353. The summed E-state index contributed by atoms with van der Waals surface area (Å²) in [5.74, 6) is -3.23. The van der Waals surface area contributed by atoms with Gasteiger partial charge in [0.15, 0.2) is 0 Å². The van der Waals surface area contributed by atoms with Gasteiger partial charge in [-0.1, -0.05) is 26.0 Å². The molecule has 0 radical (unpaired) electrons. The van der Waals surface area contributed by atoms with E-state index in [1.54, 1.807) is 32.9 Å². The van der Waals surface area contributed by atoms with Crippen molar-refractivity contribution in [2.24, 2.45) is 5.92 Å². The Morgan fingerprint density at radius 3 is 2.04 bits per heavy atom. The van der Waals surface area contributed by atoms with Crippen molar-refractivity contribution in [1.29, 1.82) is 0 Å². The number of carboxylic acid groups (broad SMARTS) is 2. The molecule has 0 heterocycles. The van der Waals surface area contributed by atoms with E-state index in [0.29, 0.717) is 5.56 Å². The number of benzene rings is 1. The molecule has 0 atom stereocenters. The fourth-order valence-corrected chi connectivity index (χ4v) is 2.19. The SMILES string of the molecule is CCOC(=O)C(Cc1ccc(C(=O)O)cc1)=C(C(=O)O)C(C)C. The quantitative estimate of drug-likeness (QED) is 0.591. The van der Waals surface area contributed by atoms with Crippen molar-refractivity contribution in [3.05, 3.63) is 46.5 Å². The Morgan fingerprint density at radius 2 is 1.65 bits per heavy atom. The standard InChI is InChI=1S/C17H20O6/c1-4-23-17(22)13(14(10(2)3)16(20)21)9-11-5-7-12(8-6-11)15(18)19/h5-8,10H,4,9H2,1-3H3,(H,18,19)(H,20,21). The highest BCUT2D eigenvalue weighted by molar-refractivity contribution is 6.00. The number of rotatable bonds is 7. The maximum absolute atomic E-state index is 12.1. The van der Waals surface area contributed by atoms with Crippen LogP contribution in [0.4, 0.5) is 0 Å². The van der Waals surface area contributed by atoms with Crippen LogP contribution in [0.15, 0.2) is 35.4 Å². The second kappa shape index (κ2) is 8.12. The summed E-state index contributed by atoms with van der Waals surface area (Å²) >= 11 is 0. The maximum atomic E-state index is 12.1. The van der Waals surface area contributed by atoms with Gasteiger partial charge in [-0.2, -0.15) is 0 Å². The van der Waals surface area contributed by atoms with Crippen LogP contribution in [0.1, 0.15) is 36.7 Å². The molecule has 6 nitrogen and oxygen atoms in total. The van der Waals surface area contributed by atoms with Crippen LogP contribution in [-0.4, -0.2) is 34.7 Å². The minimum Gasteiger partial charge on any atom is -0.478 e. The number of carboxylic acids is 2. The average Bonchev–Trinajstić information content (AvgIpc) is 2.46. The number of hydrogen-bond acceptors (Lipinski definition) is 4. The molecule has 0 saturated heterocycles. The summed E-state index contributed by atoms with van der Waals surface area (Å²) in [6.07, 6.45) is 0.0680. The summed E-state index contributed by atoms with van der Waals surface area (Å²) in [6, 6.07) is 5.94. The van der Waals surface area contributed by atoms with Gasteiger partial charge in [-0.3, -0.25) is 0 Å². The number of aliphatic carboxylic acids is 1. The van der Waals surface area contributed by atoms with Gasteiger partial charge in [0.05, 0.1) is 23.3 Å². The predicted octanol–water partition coefficient (Wildman–Crippen LogP) is 2.53. The fourth-order valence-electron chi connectivity index (χ4n) is 2.19. The van der Waals surface area contributed by atoms with E-state index in [1.165, 1.54) is 12.1 Å². The van der Waals surface area contributed by atoms with Crippen LogP contribution in [0, 0.1) is 5.92 Å². The maximum Gasteiger partial charge on any atom is 0.335 e. The molecule has 0 aliphatic heterocycles. The van der Waals surface area contributed by atoms with Crippen molar-refractivity contribution in [3.8, 4) is 0 Å². The Hall–Kier alpha value is -2.63. The van der Waals surface area contributed by atoms with Gasteiger partial charge in [-0.05, 0) is 30.5 Å². The summed E-state index contributed by atoms with van der Waals surface area (Å²) < 4.78 is 4.97. The number of hydrogen-bond donors (Lipinski definition) is 2. The highest BCUT2D eigenvalue weighted by atomic mass is 16.5.